The molecule has 1 amide bonds. The molecule has 3 aromatic rings. The molecule has 0 bridgehead atoms. The van der Waals surface area contributed by atoms with Crippen LogP contribution in [0.15, 0.2) is 57.7 Å². The molecule has 1 heterocycles. The van der Waals surface area contributed by atoms with Crippen molar-refractivity contribution in [3.8, 4) is 5.75 Å². The quantitative estimate of drug-likeness (QED) is 0.290. The number of nitrogens with one attached hydrogen (secondary N) is 1. The Morgan fingerprint density at radius 1 is 1.12 bits per heavy atom. The van der Waals surface area contributed by atoms with Gasteiger partial charge in [0.1, 0.15) is 18.2 Å². The van der Waals surface area contributed by atoms with E-state index in [9.17, 15) is 14.4 Å². The third-order valence-corrected chi connectivity index (χ3v) is 5.11. The van der Waals surface area contributed by atoms with Gasteiger partial charge >= 0.3 is 17.7 Å². The van der Waals surface area contributed by atoms with Gasteiger partial charge in [-0.15, -0.1) is 0 Å². The number of aryl methyl sites for hydroxylation is 1. The lowest BCUT2D eigenvalue weighted by Gasteiger charge is -2.16. The van der Waals surface area contributed by atoms with Gasteiger partial charge in [0.15, 0.2) is 5.75 Å². The molecule has 0 aliphatic carbocycles. The largest absolute Gasteiger partial charge is 0.445 e. The van der Waals surface area contributed by atoms with Crippen molar-refractivity contribution >= 4 is 34.6 Å². The number of carbonyl (C=O) groups excluding carboxylic acids is 2. The first kappa shape index (κ1) is 23.3. The van der Waals surface area contributed by atoms with Crippen molar-refractivity contribution in [2.24, 2.45) is 0 Å². The molecule has 168 valence electrons. The van der Waals surface area contributed by atoms with E-state index in [0.717, 1.165) is 17.5 Å². The zero-order chi connectivity index (χ0) is 23.1. The van der Waals surface area contributed by atoms with Crippen molar-refractivity contribution in [3.63, 3.8) is 0 Å². The van der Waals surface area contributed by atoms with Crippen molar-refractivity contribution in [2.75, 3.05) is 0 Å². The molecular formula is C24H24ClNO6. The van der Waals surface area contributed by atoms with Gasteiger partial charge in [-0.2, -0.15) is 0 Å². The molecule has 0 unspecified atom stereocenters. The summed E-state index contributed by atoms with van der Waals surface area (Å²) in [5, 5.41) is 3.38. The van der Waals surface area contributed by atoms with Crippen molar-refractivity contribution < 1.29 is 23.5 Å². The van der Waals surface area contributed by atoms with Gasteiger partial charge in [-0.3, -0.25) is 0 Å². The number of carbonyl (C=O) groups is 2. The Bertz CT molecular complexity index is 1160. The van der Waals surface area contributed by atoms with Crippen molar-refractivity contribution in [1.29, 1.82) is 0 Å². The van der Waals surface area contributed by atoms with Crippen molar-refractivity contribution in [2.45, 2.75) is 45.8 Å². The first-order valence-electron chi connectivity index (χ1n) is 10.4. The van der Waals surface area contributed by atoms with Crippen LogP contribution in [0.25, 0.3) is 11.0 Å². The summed E-state index contributed by atoms with van der Waals surface area (Å²) in [7, 11) is 0. The number of amides is 1. The molecular weight excluding hydrogens is 434 g/mol. The molecule has 0 saturated carbocycles. The summed E-state index contributed by atoms with van der Waals surface area (Å²) in [5.74, 6) is -0.670. The molecule has 0 spiro atoms. The second-order valence-corrected chi connectivity index (χ2v) is 7.61. The van der Waals surface area contributed by atoms with Crippen molar-refractivity contribution in [3.05, 3.63) is 75.1 Å². The Morgan fingerprint density at radius 3 is 2.56 bits per heavy atom. The predicted molar refractivity (Wildman–Crippen MR) is 121 cm³/mol. The van der Waals surface area contributed by atoms with Crippen LogP contribution in [0, 0.1) is 0 Å². The highest BCUT2D eigenvalue weighted by atomic mass is 35.5. The van der Waals surface area contributed by atoms with Crippen LogP contribution >= 0.6 is 11.6 Å². The fraction of sp³-hybridized carbons (Fsp3) is 0.292. The van der Waals surface area contributed by atoms with Gasteiger partial charge < -0.3 is 19.2 Å². The summed E-state index contributed by atoms with van der Waals surface area (Å²) in [5.41, 5.74) is 1.42. The van der Waals surface area contributed by atoms with Gasteiger partial charge in [-0.1, -0.05) is 62.2 Å². The molecule has 1 atom stereocenters. The molecule has 1 aromatic heterocycles. The van der Waals surface area contributed by atoms with E-state index in [4.69, 9.17) is 25.5 Å². The van der Waals surface area contributed by atoms with Crippen LogP contribution in [-0.2, 0) is 22.6 Å². The van der Waals surface area contributed by atoms with Crippen LogP contribution in [0.3, 0.4) is 0 Å². The smallest absolute Gasteiger partial charge is 0.408 e. The van der Waals surface area contributed by atoms with Crippen LogP contribution in [0.1, 0.15) is 37.8 Å². The normalized spacial score (nSPS) is 11.7. The van der Waals surface area contributed by atoms with Crippen molar-refractivity contribution in [1.82, 2.24) is 5.32 Å². The standard InChI is InChI=1S/C24H24ClNO6/c1-3-8-16-11-22(27)31-20-13-21(18(25)12-17(16)20)32-23(28)19(4-2)26-24(29)30-14-15-9-6-5-7-10-15/h5-7,9-13,19H,3-4,8,14H2,1-2H3,(H,26,29)/t19-/m0/s1. The molecule has 0 radical (unpaired) electrons. The topological polar surface area (TPSA) is 94.8 Å². The van der Waals surface area contributed by atoms with E-state index < -0.39 is 23.7 Å². The Labute approximate surface area is 190 Å². The van der Waals surface area contributed by atoms with E-state index in [0.29, 0.717) is 11.8 Å². The average Bonchev–Trinajstić information content (AvgIpc) is 2.78. The van der Waals surface area contributed by atoms with Gasteiger partial charge in [-0.25, -0.2) is 14.4 Å². The van der Waals surface area contributed by atoms with E-state index in [-0.39, 0.29) is 29.4 Å². The summed E-state index contributed by atoms with van der Waals surface area (Å²) >= 11 is 6.32. The highest BCUT2D eigenvalue weighted by Gasteiger charge is 2.23. The van der Waals surface area contributed by atoms with Crippen LogP contribution in [0.5, 0.6) is 5.75 Å². The molecule has 32 heavy (non-hydrogen) atoms. The number of benzene rings is 2. The SMILES string of the molecule is CCCc1cc(=O)oc2cc(OC(=O)[C@H](CC)NC(=O)OCc3ccccc3)c(Cl)cc12. The zero-order valence-electron chi connectivity index (χ0n) is 17.9. The average molecular weight is 458 g/mol. The minimum Gasteiger partial charge on any atom is -0.445 e. The summed E-state index contributed by atoms with van der Waals surface area (Å²) in [6.07, 6.45) is 1.07. The molecule has 2 aromatic carbocycles. The number of rotatable bonds is 8. The number of hydrogen-bond acceptors (Lipinski definition) is 6. The summed E-state index contributed by atoms with van der Waals surface area (Å²) in [4.78, 5) is 36.6. The van der Waals surface area contributed by atoms with E-state index >= 15 is 0 Å². The highest BCUT2D eigenvalue weighted by molar-refractivity contribution is 6.33. The van der Waals surface area contributed by atoms with Crippen LogP contribution in [0.4, 0.5) is 4.79 Å². The lowest BCUT2D eigenvalue weighted by Crippen LogP contribution is -2.42. The zero-order valence-corrected chi connectivity index (χ0v) is 18.6. The predicted octanol–water partition coefficient (Wildman–Crippen LogP) is 5.01. The lowest BCUT2D eigenvalue weighted by molar-refractivity contribution is -0.136. The van der Waals surface area contributed by atoms with Gasteiger partial charge in [-0.05, 0) is 30.0 Å². The maximum atomic E-state index is 12.6. The maximum absolute atomic E-state index is 12.6. The molecule has 0 aliphatic rings. The second kappa shape index (κ2) is 10.8. The van der Waals surface area contributed by atoms with Crippen LogP contribution in [-0.4, -0.2) is 18.1 Å². The van der Waals surface area contributed by atoms with E-state index in [1.165, 1.54) is 12.1 Å². The molecule has 0 aliphatic heterocycles. The Balaban J connectivity index is 1.70. The monoisotopic (exact) mass is 457 g/mol. The van der Waals surface area contributed by atoms with Crippen LogP contribution < -0.4 is 15.7 Å². The summed E-state index contributed by atoms with van der Waals surface area (Å²) < 4.78 is 15.8. The van der Waals surface area contributed by atoms with Gasteiger partial charge in [0.05, 0.1) is 5.02 Å². The molecule has 1 N–H and O–H groups in total. The molecule has 8 heteroatoms. The first-order valence-corrected chi connectivity index (χ1v) is 10.7. The molecule has 3 rings (SSSR count). The van der Waals surface area contributed by atoms with Gasteiger partial charge in [0, 0.05) is 17.5 Å². The lowest BCUT2D eigenvalue weighted by atomic mass is 10.1. The summed E-state index contributed by atoms with van der Waals surface area (Å²) in [6, 6.07) is 12.7. The fourth-order valence-corrected chi connectivity index (χ4v) is 3.40. The third-order valence-electron chi connectivity index (χ3n) is 4.81. The van der Waals surface area contributed by atoms with Gasteiger partial charge in [0.25, 0.3) is 0 Å². The molecule has 7 nitrogen and oxygen atoms in total. The number of hydrogen-bond donors (Lipinski definition) is 1. The fourth-order valence-electron chi connectivity index (χ4n) is 3.20. The second-order valence-electron chi connectivity index (χ2n) is 7.21. The van der Waals surface area contributed by atoms with Gasteiger partial charge in [0.2, 0.25) is 0 Å². The molecule has 0 saturated heterocycles. The Hall–Kier alpha value is -3.32. The van der Waals surface area contributed by atoms with Crippen LogP contribution in [0.2, 0.25) is 5.02 Å². The summed E-state index contributed by atoms with van der Waals surface area (Å²) in [6.45, 7) is 3.80. The minimum atomic E-state index is -0.941. The number of alkyl carbamates (subject to hydrolysis) is 1. The highest BCUT2D eigenvalue weighted by Crippen LogP contribution is 2.32. The minimum absolute atomic E-state index is 0.0406. The number of fused-ring (bicyclic) bond motifs is 1. The van der Waals surface area contributed by atoms with E-state index in [1.807, 2.05) is 37.3 Å². The van der Waals surface area contributed by atoms with E-state index in [2.05, 4.69) is 5.32 Å². The number of halogens is 1. The van der Waals surface area contributed by atoms with E-state index in [1.54, 1.807) is 13.0 Å². The number of esters is 1. The number of ether oxygens (including phenoxy) is 2. The first-order chi connectivity index (χ1) is 15.4. The third kappa shape index (κ3) is 5.88. The maximum Gasteiger partial charge on any atom is 0.408 e. The Morgan fingerprint density at radius 2 is 1.88 bits per heavy atom. The molecule has 0 fully saturated rings. The Kier molecular flexibility index (Phi) is 7.89.